The first-order chi connectivity index (χ1) is 8.25. The Hall–Kier alpha value is -1.97. The Balaban J connectivity index is 2.18. The van der Waals surface area contributed by atoms with Gasteiger partial charge in [0.25, 0.3) is 5.56 Å². The third-order valence-corrected chi connectivity index (χ3v) is 3.09. The minimum Gasteiger partial charge on any atom is -0.310 e. The molecule has 0 aromatic carbocycles. The van der Waals surface area contributed by atoms with E-state index in [1.807, 2.05) is 12.1 Å². The van der Waals surface area contributed by atoms with Crippen molar-refractivity contribution < 1.29 is 0 Å². The number of hydrogen-bond donors (Lipinski definition) is 1. The smallest absolute Gasteiger partial charge is 0.254 e. The topological polar surface area (TPSA) is 58.6 Å². The minimum atomic E-state index is -0.0336. The second-order valence-corrected chi connectivity index (χ2v) is 4.43. The fourth-order valence-corrected chi connectivity index (χ4v) is 1.89. The minimum absolute atomic E-state index is 0.0336. The van der Waals surface area contributed by atoms with Crippen molar-refractivity contribution >= 4 is 0 Å². The zero-order valence-corrected chi connectivity index (χ0v) is 9.60. The molecule has 0 aliphatic heterocycles. The summed E-state index contributed by atoms with van der Waals surface area (Å²) >= 11 is 0. The molecule has 2 aromatic rings. The molecule has 1 aliphatic rings. The third kappa shape index (κ3) is 1.86. The van der Waals surface area contributed by atoms with Crippen LogP contribution in [0.5, 0.6) is 0 Å². The van der Waals surface area contributed by atoms with Crippen LogP contribution < -0.4 is 5.56 Å². The molecule has 2 heterocycles. The molecule has 1 aliphatic carbocycles. The highest BCUT2D eigenvalue weighted by Crippen LogP contribution is 2.38. The van der Waals surface area contributed by atoms with Crippen LogP contribution >= 0.6 is 0 Å². The van der Waals surface area contributed by atoms with Crippen LogP contribution in [0.2, 0.25) is 0 Å². The lowest BCUT2D eigenvalue weighted by atomic mass is 10.1. The number of hydrogen-bond acceptors (Lipinski definition) is 3. The molecule has 0 bridgehead atoms. The molecule has 1 N–H and O–H groups in total. The number of nitrogens with one attached hydrogen (secondary N) is 1. The van der Waals surface area contributed by atoms with Crippen LogP contribution in [0.1, 0.15) is 30.1 Å². The van der Waals surface area contributed by atoms with Gasteiger partial charge in [-0.15, -0.1) is 0 Å². The van der Waals surface area contributed by atoms with Crippen LogP contribution in [0.4, 0.5) is 0 Å². The molecule has 0 amide bonds. The monoisotopic (exact) mass is 227 g/mol. The van der Waals surface area contributed by atoms with Crippen molar-refractivity contribution in [2.75, 3.05) is 0 Å². The number of pyridine rings is 1. The number of nitrogens with zero attached hydrogens (tertiary/aromatic N) is 2. The Morgan fingerprint density at radius 3 is 2.65 bits per heavy atom. The molecular formula is C13H13N3O. The van der Waals surface area contributed by atoms with Gasteiger partial charge in [0, 0.05) is 29.4 Å². The van der Waals surface area contributed by atoms with Gasteiger partial charge < -0.3 is 4.98 Å². The average Bonchev–Trinajstić information content (AvgIpc) is 3.18. The maximum atomic E-state index is 11.9. The Bertz CT molecular complexity index is 600. The van der Waals surface area contributed by atoms with E-state index in [-0.39, 0.29) is 5.56 Å². The van der Waals surface area contributed by atoms with Crippen molar-refractivity contribution in [3.05, 3.63) is 46.3 Å². The van der Waals surface area contributed by atoms with Gasteiger partial charge in [0.15, 0.2) is 0 Å². The average molecular weight is 227 g/mol. The van der Waals surface area contributed by atoms with Gasteiger partial charge in [-0.2, -0.15) is 0 Å². The van der Waals surface area contributed by atoms with E-state index in [4.69, 9.17) is 0 Å². The standard InChI is InChI=1S/C13H13N3O/c1-8-11(9-4-6-14-7-5-9)15-12(10-2-3-10)16-13(8)17/h4-7,10H,2-3H2,1H3,(H,15,16,17). The molecular weight excluding hydrogens is 214 g/mol. The van der Waals surface area contributed by atoms with Gasteiger partial charge in [0.05, 0.1) is 5.69 Å². The second-order valence-electron chi connectivity index (χ2n) is 4.43. The molecule has 0 atom stereocenters. The lowest BCUT2D eigenvalue weighted by Gasteiger charge is -2.06. The lowest BCUT2D eigenvalue weighted by Crippen LogP contribution is -2.15. The fourth-order valence-electron chi connectivity index (χ4n) is 1.89. The number of aromatic amines is 1. The molecule has 17 heavy (non-hydrogen) atoms. The van der Waals surface area contributed by atoms with Gasteiger partial charge in [0.2, 0.25) is 0 Å². The van der Waals surface area contributed by atoms with Crippen molar-refractivity contribution in [3.8, 4) is 11.3 Å². The van der Waals surface area contributed by atoms with Gasteiger partial charge in [-0.3, -0.25) is 9.78 Å². The number of H-pyrrole nitrogens is 1. The second kappa shape index (κ2) is 3.80. The predicted molar refractivity (Wildman–Crippen MR) is 64.8 cm³/mol. The van der Waals surface area contributed by atoms with E-state index in [1.165, 1.54) is 0 Å². The van der Waals surface area contributed by atoms with Crippen LogP contribution in [0.15, 0.2) is 29.3 Å². The number of rotatable bonds is 2. The Labute approximate surface area is 98.8 Å². The molecule has 0 radical (unpaired) electrons. The summed E-state index contributed by atoms with van der Waals surface area (Å²) in [5, 5.41) is 0. The van der Waals surface area contributed by atoms with Crippen molar-refractivity contribution in [1.82, 2.24) is 15.0 Å². The summed E-state index contributed by atoms with van der Waals surface area (Å²) in [5.41, 5.74) is 2.36. The molecule has 0 saturated heterocycles. The van der Waals surface area contributed by atoms with Gasteiger partial charge in [-0.1, -0.05) is 0 Å². The highest BCUT2D eigenvalue weighted by Gasteiger charge is 2.27. The summed E-state index contributed by atoms with van der Waals surface area (Å²) in [5.74, 6) is 1.27. The highest BCUT2D eigenvalue weighted by molar-refractivity contribution is 5.61. The zero-order valence-electron chi connectivity index (χ0n) is 9.60. The van der Waals surface area contributed by atoms with Crippen molar-refractivity contribution in [2.45, 2.75) is 25.7 Å². The van der Waals surface area contributed by atoms with Gasteiger partial charge in [-0.25, -0.2) is 4.98 Å². The van der Waals surface area contributed by atoms with E-state index in [2.05, 4.69) is 15.0 Å². The first kappa shape index (κ1) is 10.2. The van der Waals surface area contributed by atoms with Gasteiger partial charge in [0.1, 0.15) is 5.82 Å². The third-order valence-electron chi connectivity index (χ3n) is 3.09. The van der Waals surface area contributed by atoms with Crippen LogP contribution in [-0.2, 0) is 0 Å². The van der Waals surface area contributed by atoms with Crippen molar-refractivity contribution in [3.63, 3.8) is 0 Å². The maximum Gasteiger partial charge on any atom is 0.254 e. The normalized spacial score (nSPS) is 14.9. The fraction of sp³-hybridized carbons (Fsp3) is 0.308. The molecule has 4 nitrogen and oxygen atoms in total. The summed E-state index contributed by atoms with van der Waals surface area (Å²) in [7, 11) is 0. The van der Waals surface area contributed by atoms with E-state index in [1.54, 1.807) is 19.3 Å². The Morgan fingerprint density at radius 2 is 2.00 bits per heavy atom. The van der Waals surface area contributed by atoms with E-state index in [0.29, 0.717) is 11.5 Å². The zero-order chi connectivity index (χ0) is 11.8. The largest absolute Gasteiger partial charge is 0.310 e. The molecule has 0 unspecified atom stereocenters. The highest BCUT2D eigenvalue weighted by atomic mass is 16.1. The van der Waals surface area contributed by atoms with Gasteiger partial charge >= 0.3 is 0 Å². The SMILES string of the molecule is Cc1c(-c2ccncc2)nc(C2CC2)[nH]c1=O. The summed E-state index contributed by atoms with van der Waals surface area (Å²) in [6, 6.07) is 3.76. The molecule has 86 valence electrons. The summed E-state index contributed by atoms with van der Waals surface area (Å²) in [4.78, 5) is 23.3. The van der Waals surface area contributed by atoms with Crippen molar-refractivity contribution in [2.24, 2.45) is 0 Å². The molecule has 0 spiro atoms. The lowest BCUT2D eigenvalue weighted by molar-refractivity contribution is 0.900. The molecule has 3 rings (SSSR count). The molecule has 1 fully saturated rings. The van der Waals surface area contributed by atoms with E-state index in [0.717, 1.165) is 29.9 Å². The van der Waals surface area contributed by atoms with E-state index in [9.17, 15) is 4.79 Å². The maximum absolute atomic E-state index is 11.9. The van der Waals surface area contributed by atoms with Crippen LogP contribution in [0.25, 0.3) is 11.3 Å². The Morgan fingerprint density at radius 1 is 1.29 bits per heavy atom. The predicted octanol–water partition coefficient (Wildman–Crippen LogP) is 2.02. The molecule has 1 saturated carbocycles. The van der Waals surface area contributed by atoms with E-state index >= 15 is 0 Å². The summed E-state index contributed by atoms with van der Waals surface area (Å²) < 4.78 is 0. The first-order valence-corrected chi connectivity index (χ1v) is 5.77. The van der Waals surface area contributed by atoms with E-state index < -0.39 is 0 Å². The van der Waals surface area contributed by atoms with Crippen LogP contribution in [-0.4, -0.2) is 15.0 Å². The van der Waals surface area contributed by atoms with Gasteiger partial charge in [-0.05, 0) is 31.9 Å². The summed E-state index contributed by atoms with van der Waals surface area (Å²) in [6.45, 7) is 1.80. The molecule has 4 heteroatoms. The van der Waals surface area contributed by atoms with Crippen LogP contribution in [0.3, 0.4) is 0 Å². The first-order valence-electron chi connectivity index (χ1n) is 5.77. The molecule has 2 aromatic heterocycles. The number of aromatic nitrogens is 3. The van der Waals surface area contributed by atoms with Crippen LogP contribution in [0, 0.1) is 6.92 Å². The quantitative estimate of drug-likeness (QED) is 0.853. The Kier molecular flexibility index (Phi) is 2.28. The van der Waals surface area contributed by atoms with Crippen molar-refractivity contribution in [1.29, 1.82) is 0 Å². The summed E-state index contributed by atoms with van der Waals surface area (Å²) in [6.07, 6.45) is 5.69.